The maximum atomic E-state index is 10.3. The molecule has 0 aromatic heterocycles. The van der Waals surface area contributed by atoms with Crippen LogP contribution in [0, 0.1) is 0 Å². The molecule has 0 aromatic rings. The molecule has 13 heavy (non-hydrogen) atoms. The van der Waals surface area contributed by atoms with E-state index in [-0.39, 0.29) is 0 Å². The van der Waals surface area contributed by atoms with Crippen LogP contribution < -0.4 is 0 Å². The minimum Gasteiger partial charge on any atom is -0.480 e. The molecule has 0 aliphatic rings. The number of rotatable bonds is 5. The highest BCUT2D eigenvalue weighted by Gasteiger charge is 2.32. The first-order chi connectivity index (χ1) is 5.91. The van der Waals surface area contributed by atoms with E-state index in [9.17, 15) is 4.79 Å². The Labute approximate surface area is 79.9 Å². The summed E-state index contributed by atoms with van der Waals surface area (Å²) >= 11 is 3.49. The first kappa shape index (κ1) is 12.7. The van der Waals surface area contributed by atoms with Crippen LogP contribution in [0.4, 0.5) is 0 Å². The van der Waals surface area contributed by atoms with Crippen LogP contribution in [0.25, 0.3) is 0 Å². The molecule has 5 N–H and O–H groups in total. The Morgan fingerprint density at radius 2 is 1.69 bits per heavy atom. The fourth-order valence-corrected chi connectivity index (χ4v) is 0.845. The fourth-order valence-electron chi connectivity index (χ4n) is 0.668. The Morgan fingerprint density at radius 1 is 1.23 bits per heavy atom. The summed E-state index contributed by atoms with van der Waals surface area (Å²) in [7, 11) is 0. The molecule has 0 saturated carbocycles. The third-order valence-corrected chi connectivity index (χ3v) is 2.03. The minimum absolute atomic E-state index is 0.766. The summed E-state index contributed by atoms with van der Waals surface area (Å²) < 4.78 is 0. The zero-order valence-electron chi connectivity index (χ0n) is 6.61. The number of aliphatic hydroxyl groups is 4. The molecule has 4 atom stereocenters. The molecule has 0 aliphatic carbocycles. The Bertz CT molecular complexity index is 175. The number of hydrogen-bond donors (Lipinski definition) is 6. The van der Waals surface area contributed by atoms with Gasteiger partial charge in [0.05, 0.1) is 6.61 Å². The SMILES string of the molecule is O=C(O)[C@H](S)[C@@H](O)[C@H](O)[C@H](O)CO. The van der Waals surface area contributed by atoms with Crippen LogP contribution in [-0.4, -0.2) is 61.7 Å². The van der Waals surface area contributed by atoms with Crippen molar-refractivity contribution < 1.29 is 30.3 Å². The van der Waals surface area contributed by atoms with Crippen molar-refractivity contribution in [3.05, 3.63) is 0 Å². The van der Waals surface area contributed by atoms with Crippen molar-refractivity contribution >= 4 is 18.6 Å². The van der Waals surface area contributed by atoms with E-state index in [1.54, 1.807) is 0 Å². The summed E-state index contributed by atoms with van der Waals surface area (Å²) in [5.74, 6) is -1.42. The Hall–Kier alpha value is -0.340. The molecular weight excluding hydrogens is 200 g/mol. The molecule has 0 spiro atoms. The predicted molar refractivity (Wildman–Crippen MR) is 45.5 cm³/mol. The monoisotopic (exact) mass is 212 g/mol. The maximum Gasteiger partial charge on any atom is 0.319 e. The molecule has 0 amide bonds. The van der Waals surface area contributed by atoms with Crippen LogP contribution in [0.1, 0.15) is 0 Å². The van der Waals surface area contributed by atoms with Crippen molar-refractivity contribution in [2.45, 2.75) is 23.6 Å². The Balaban J connectivity index is 4.24. The summed E-state index contributed by atoms with van der Waals surface area (Å²) in [6.45, 7) is -0.766. The van der Waals surface area contributed by atoms with Crippen LogP contribution >= 0.6 is 12.6 Å². The van der Waals surface area contributed by atoms with Gasteiger partial charge < -0.3 is 25.5 Å². The summed E-state index contributed by atoms with van der Waals surface area (Å²) in [6, 6.07) is 0. The third-order valence-electron chi connectivity index (χ3n) is 1.51. The fraction of sp³-hybridized carbons (Fsp3) is 0.833. The average Bonchev–Trinajstić information content (AvgIpc) is 2.12. The van der Waals surface area contributed by atoms with E-state index >= 15 is 0 Å². The van der Waals surface area contributed by atoms with Gasteiger partial charge in [-0.1, -0.05) is 0 Å². The number of thiol groups is 1. The van der Waals surface area contributed by atoms with Gasteiger partial charge in [-0.05, 0) is 0 Å². The zero-order chi connectivity index (χ0) is 10.6. The standard InChI is InChI=1S/C6H12O6S/c7-1-2(8)3(9)4(10)5(13)6(11)12/h2-5,7-10,13H,1H2,(H,11,12)/t2-,3-,4+,5-/m1/s1. The number of aliphatic carboxylic acids is 1. The van der Waals surface area contributed by atoms with Crippen LogP contribution in [0.15, 0.2) is 0 Å². The van der Waals surface area contributed by atoms with Crippen molar-refractivity contribution in [1.29, 1.82) is 0 Å². The van der Waals surface area contributed by atoms with Gasteiger partial charge in [0.2, 0.25) is 0 Å². The molecule has 0 heterocycles. The van der Waals surface area contributed by atoms with E-state index in [4.69, 9.17) is 25.5 Å². The van der Waals surface area contributed by atoms with Gasteiger partial charge in [0.15, 0.2) is 0 Å². The number of aliphatic hydroxyl groups excluding tert-OH is 4. The lowest BCUT2D eigenvalue weighted by Gasteiger charge is -2.23. The summed E-state index contributed by atoms with van der Waals surface area (Å²) in [5.41, 5.74) is 0. The first-order valence-electron chi connectivity index (χ1n) is 3.47. The van der Waals surface area contributed by atoms with Gasteiger partial charge in [-0.2, -0.15) is 12.6 Å². The normalized spacial score (nSPS) is 20.4. The molecule has 0 aliphatic heterocycles. The molecule has 78 valence electrons. The molecule has 6 nitrogen and oxygen atoms in total. The van der Waals surface area contributed by atoms with Gasteiger partial charge in [-0.3, -0.25) is 4.79 Å². The highest BCUT2D eigenvalue weighted by Crippen LogP contribution is 2.09. The van der Waals surface area contributed by atoms with Crippen molar-refractivity contribution in [2.75, 3.05) is 6.61 Å². The van der Waals surface area contributed by atoms with E-state index in [0.717, 1.165) is 0 Å². The number of carboxylic acid groups (broad SMARTS) is 1. The lowest BCUT2D eigenvalue weighted by atomic mass is 10.1. The lowest BCUT2D eigenvalue weighted by Crippen LogP contribution is -2.46. The van der Waals surface area contributed by atoms with Crippen LogP contribution in [0.2, 0.25) is 0 Å². The molecule has 0 rings (SSSR count). The third kappa shape index (κ3) is 3.49. The zero-order valence-corrected chi connectivity index (χ0v) is 7.50. The molecule has 0 bridgehead atoms. The largest absolute Gasteiger partial charge is 0.480 e. The first-order valence-corrected chi connectivity index (χ1v) is 3.99. The topological polar surface area (TPSA) is 118 Å². The molecule has 0 unspecified atom stereocenters. The van der Waals surface area contributed by atoms with Gasteiger partial charge in [0.25, 0.3) is 0 Å². The van der Waals surface area contributed by atoms with Crippen molar-refractivity contribution in [3.8, 4) is 0 Å². The summed E-state index contributed by atoms with van der Waals surface area (Å²) in [6.07, 6.45) is -5.05. The summed E-state index contributed by atoms with van der Waals surface area (Å²) in [5, 5.41) is 42.2. The molecule has 7 heteroatoms. The van der Waals surface area contributed by atoms with Crippen LogP contribution in [0.5, 0.6) is 0 Å². The second kappa shape index (κ2) is 5.40. The molecular formula is C6H12O6S. The maximum absolute atomic E-state index is 10.3. The number of carboxylic acids is 1. The second-order valence-corrected chi connectivity index (χ2v) is 3.07. The Kier molecular flexibility index (Phi) is 5.26. The Morgan fingerprint density at radius 3 is 2.00 bits per heavy atom. The van der Waals surface area contributed by atoms with Gasteiger partial charge >= 0.3 is 5.97 Å². The van der Waals surface area contributed by atoms with Crippen molar-refractivity contribution in [1.82, 2.24) is 0 Å². The van der Waals surface area contributed by atoms with Gasteiger partial charge in [-0.15, -0.1) is 0 Å². The van der Waals surface area contributed by atoms with Crippen LogP contribution in [0.3, 0.4) is 0 Å². The predicted octanol–water partition coefficient (Wildman–Crippen LogP) is -2.56. The van der Waals surface area contributed by atoms with Gasteiger partial charge in [0.1, 0.15) is 23.6 Å². The molecule has 0 saturated heterocycles. The number of hydrogen-bond acceptors (Lipinski definition) is 6. The number of carbonyl (C=O) groups is 1. The highest BCUT2D eigenvalue weighted by molar-refractivity contribution is 7.81. The lowest BCUT2D eigenvalue weighted by molar-refractivity contribution is -0.142. The quantitative estimate of drug-likeness (QED) is 0.279. The van der Waals surface area contributed by atoms with E-state index in [1.165, 1.54) is 0 Å². The average molecular weight is 212 g/mol. The van der Waals surface area contributed by atoms with E-state index in [1.807, 2.05) is 0 Å². The highest BCUT2D eigenvalue weighted by atomic mass is 32.1. The minimum atomic E-state index is -1.73. The molecule has 0 fully saturated rings. The second-order valence-electron chi connectivity index (χ2n) is 2.51. The smallest absolute Gasteiger partial charge is 0.319 e. The van der Waals surface area contributed by atoms with Crippen molar-refractivity contribution in [2.24, 2.45) is 0 Å². The molecule has 0 aromatic carbocycles. The summed E-state index contributed by atoms with van der Waals surface area (Å²) in [4.78, 5) is 10.3. The van der Waals surface area contributed by atoms with Gasteiger partial charge in [0, 0.05) is 0 Å². The van der Waals surface area contributed by atoms with E-state index < -0.39 is 36.1 Å². The van der Waals surface area contributed by atoms with Crippen molar-refractivity contribution in [3.63, 3.8) is 0 Å². The molecule has 0 radical (unpaired) electrons. The van der Waals surface area contributed by atoms with E-state index in [0.29, 0.717) is 0 Å². The van der Waals surface area contributed by atoms with Gasteiger partial charge in [-0.25, -0.2) is 0 Å². The van der Waals surface area contributed by atoms with E-state index in [2.05, 4.69) is 12.6 Å². The van der Waals surface area contributed by atoms with Crippen LogP contribution in [-0.2, 0) is 4.79 Å².